The molecule has 1 aromatic rings. The van der Waals surface area contributed by atoms with Gasteiger partial charge in [-0.25, -0.2) is 10.8 Å². The first-order valence-electron chi connectivity index (χ1n) is 5.30. The van der Waals surface area contributed by atoms with E-state index in [0.29, 0.717) is 17.2 Å². The van der Waals surface area contributed by atoms with Gasteiger partial charge in [0.1, 0.15) is 0 Å². The molecule has 0 bridgehead atoms. The fourth-order valence-electron chi connectivity index (χ4n) is 1.63. The number of aromatic nitrogens is 2. The van der Waals surface area contributed by atoms with Gasteiger partial charge in [0.2, 0.25) is 0 Å². The predicted molar refractivity (Wildman–Crippen MR) is 65.0 cm³/mol. The van der Waals surface area contributed by atoms with E-state index in [9.17, 15) is 0 Å². The molecule has 1 aromatic heterocycles. The quantitative estimate of drug-likeness (QED) is 0.608. The maximum absolute atomic E-state index is 5.51. The first-order valence-corrected chi connectivity index (χ1v) is 6.35. The van der Waals surface area contributed by atoms with Gasteiger partial charge < -0.3 is 10.2 Å². The molecule has 0 aromatic carbocycles. The van der Waals surface area contributed by atoms with Crippen molar-refractivity contribution < 1.29 is 4.74 Å². The van der Waals surface area contributed by atoms with E-state index in [0.717, 1.165) is 24.5 Å². The molecule has 2 heterocycles. The number of rotatable bonds is 4. The molecular formula is C10H16N4OS. The Morgan fingerprint density at radius 2 is 2.44 bits per heavy atom. The summed E-state index contributed by atoms with van der Waals surface area (Å²) in [5.74, 6) is 6.68. The largest absolute Gasteiger partial charge is 0.377 e. The zero-order valence-electron chi connectivity index (χ0n) is 9.22. The van der Waals surface area contributed by atoms with E-state index in [1.54, 1.807) is 12.4 Å². The van der Waals surface area contributed by atoms with E-state index in [2.05, 4.69) is 22.3 Å². The molecule has 3 N–H and O–H groups in total. The fourth-order valence-corrected chi connectivity index (χ4v) is 2.77. The zero-order chi connectivity index (χ0) is 11.4. The highest BCUT2D eigenvalue weighted by Gasteiger charge is 2.24. The number of nitrogens with one attached hydrogen (secondary N) is 1. The van der Waals surface area contributed by atoms with Crippen molar-refractivity contribution in [3.63, 3.8) is 0 Å². The Morgan fingerprint density at radius 1 is 1.56 bits per heavy atom. The Kier molecular flexibility index (Phi) is 3.98. The van der Waals surface area contributed by atoms with Crippen LogP contribution in [0.1, 0.15) is 19.0 Å². The van der Waals surface area contributed by atoms with Crippen LogP contribution in [-0.4, -0.2) is 27.9 Å². The number of nitrogen functional groups attached to an aromatic ring is 1. The molecule has 0 aliphatic carbocycles. The van der Waals surface area contributed by atoms with Gasteiger partial charge in [-0.15, -0.1) is 11.8 Å². The Morgan fingerprint density at radius 3 is 3.00 bits per heavy atom. The summed E-state index contributed by atoms with van der Waals surface area (Å²) in [6, 6.07) is 0. The van der Waals surface area contributed by atoms with Crippen LogP contribution in [0.4, 0.5) is 5.82 Å². The van der Waals surface area contributed by atoms with Crippen LogP contribution in [0, 0.1) is 0 Å². The number of nitrogens with two attached hydrogens (primary N) is 1. The number of nitrogens with zero attached hydrogens (tertiary/aromatic N) is 2. The molecule has 2 unspecified atom stereocenters. The minimum Gasteiger partial charge on any atom is -0.377 e. The second-order valence-electron chi connectivity index (χ2n) is 3.75. The molecule has 0 spiro atoms. The second kappa shape index (κ2) is 5.47. The van der Waals surface area contributed by atoms with Crippen molar-refractivity contribution in [1.29, 1.82) is 0 Å². The Bertz CT molecular complexity index is 332. The van der Waals surface area contributed by atoms with E-state index in [4.69, 9.17) is 10.6 Å². The van der Waals surface area contributed by atoms with Crippen molar-refractivity contribution in [1.82, 2.24) is 9.97 Å². The van der Waals surface area contributed by atoms with Gasteiger partial charge in [-0.2, -0.15) is 0 Å². The molecule has 1 fully saturated rings. The van der Waals surface area contributed by atoms with Gasteiger partial charge in [0.15, 0.2) is 5.82 Å². The first-order chi connectivity index (χ1) is 7.79. The van der Waals surface area contributed by atoms with Crippen molar-refractivity contribution in [2.45, 2.75) is 30.5 Å². The number of ether oxygens (including phenoxy) is 1. The third kappa shape index (κ3) is 2.84. The van der Waals surface area contributed by atoms with Crippen molar-refractivity contribution in [2.75, 3.05) is 12.0 Å². The normalized spacial score (nSPS) is 24.6. The van der Waals surface area contributed by atoms with E-state index < -0.39 is 0 Å². The smallest absolute Gasteiger partial charge is 0.158 e. The van der Waals surface area contributed by atoms with Crippen molar-refractivity contribution in [2.24, 2.45) is 5.84 Å². The SMILES string of the molecule is CC1OCCC1SCc1cnc(NN)cn1. The van der Waals surface area contributed by atoms with Crippen molar-refractivity contribution in [3.8, 4) is 0 Å². The van der Waals surface area contributed by atoms with Crippen LogP contribution >= 0.6 is 11.8 Å². The molecule has 1 aliphatic heterocycles. The Labute approximate surface area is 99.2 Å². The van der Waals surface area contributed by atoms with Gasteiger partial charge in [0.05, 0.1) is 24.2 Å². The lowest BCUT2D eigenvalue weighted by atomic mass is 10.3. The lowest BCUT2D eigenvalue weighted by Gasteiger charge is -2.12. The molecule has 16 heavy (non-hydrogen) atoms. The van der Waals surface area contributed by atoms with Gasteiger partial charge >= 0.3 is 0 Å². The van der Waals surface area contributed by atoms with Crippen LogP contribution in [0.5, 0.6) is 0 Å². The standard InChI is InChI=1S/C10H16N4OS/c1-7-9(2-3-15-7)16-6-8-4-13-10(14-11)5-12-8/h4-5,7,9H,2-3,6,11H2,1H3,(H,13,14). The summed E-state index contributed by atoms with van der Waals surface area (Å²) in [5.41, 5.74) is 3.43. The maximum atomic E-state index is 5.51. The van der Waals surface area contributed by atoms with Crippen LogP contribution in [0.25, 0.3) is 0 Å². The molecule has 0 saturated carbocycles. The topological polar surface area (TPSA) is 73.1 Å². The minimum atomic E-state index is 0.350. The summed E-state index contributed by atoms with van der Waals surface area (Å²) < 4.78 is 5.51. The average Bonchev–Trinajstić information content (AvgIpc) is 2.73. The fraction of sp³-hybridized carbons (Fsp3) is 0.600. The monoisotopic (exact) mass is 240 g/mol. The number of hydrogen-bond donors (Lipinski definition) is 2. The Hall–Kier alpha value is -0.850. The average molecular weight is 240 g/mol. The highest BCUT2D eigenvalue weighted by molar-refractivity contribution is 7.99. The lowest BCUT2D eigenvalue weighted by Crippen LogP contribution is -2.13. The molecule has 5 nitrogen and oxygen atoms in total. The third-order valence-corrected chi connectivity index (χ3v) is 4.11. The molecule has 88 valence electrons. The molecule has 6 heteroatoms. The molecule has 1 saturated heterocycles. The summed E-state index contributed by atoms with van der Waals surface area (Å²) in [6.07, 6.45) is 4.87. The molecule has 2 rings (SSSR count). The van der Waals surface area contributed by atoms with E-state index in [1.165, 1.54) is 0 Å². The van der Waals surface area contributed by atoms with E-state index in [1.807, 2.05) is 11.8 Å². The predicted octanol–water partition coefficient (Wildman–Crippen LogP) is 1.17. The van der Waals surface area contributed by atoms with Gasteiger partial charge in [-0.3, -0.25) is 4.98 Å². The van der Waals surface area contributed by atoms with E-state index >= 15 is 0 Å². The van der Waals surface area contributed by atoms with Gasteiger partial charge in [-0.05, 0) is 13.3 Å². The molecule has 0 radical (unpaired) electrons. The highest BCUT2D eigenvalue weighted by atomic mass is 32.2. The molecule has 2 atom stereocenters. The summed E-state index contributed by atoms with van der Waals surface area (Å²) in [4.78, 5) is 8.39. The van der Waals surface area contributed by atoms with Gasteiger partial charge in [0.25, 0.3) is 0 Å². The van der Waals surface area contributed by atoms with Crippen molar-refractivity contribution in [3.05, 3.63) is 18.1 Å². The summed E-state index contributed by atoms with van der Waals surface area (Å²) in [7, 11) is 0. The summed E-state index contributed by atoms with van der Waals surface area (Å²) in [6.45, 7) is 3.00. The van der Waals surface area contributed by atoms with Crippen molar-refractivity contribution >= 4 is 17.6 Å². The van der Waals surface area contributed by atoms with Gasteiger partial charge in [0, 0.05) is 17.6 Å². The number of hydrazine groups is 1. The van der Waals surface area contributed by atoms with Crippen LogP contribution < -0.4 is 11.3 Å². The zero-order valence-corrected chi connectivity index (χ0v) is 10.0. The lowest BCUT2D eigenvalue weighted by molar-refractivity contribution is 0.127. The number of thioether (sulfide) groups is 1. The highest BCUT2D eigenvalue weighted by Crippen LogP contribution is 2.28. The van der Waals surface area contributed by atoms with E-state index in [-0.39, 0.29) is 0 Å². The molecule has 0 amide bonds. The summed E-state index contributed by atoms with van der Waals surface area (Å²) >= 11 is 1.88. The van der Waals surface area contributed by atoms with Crippen LogP contribution in [0.3, 0.4) is 0 Å². The van der Waals surface area contributed by atoms with Crippen LogP contribution in [-0.2, 0) is 10.5 Å². The minimum absolute atomic E-state index is 0.350. The Balaban J connectivity index is 1.84. The number of hydrogen-bond acceptors (Lipinski definition) is 6. The number of anilines is 1. The van der Waals surface area contributed by atoms with Crippen LogP contribution in [0.15, 0.2) is 12.4 Å². The first kappa shape index (κ1) is 11.6. The second-order valence-corrected chi connectivity index (χ2v) is 4.98. The third-order valence-electron chi connectivity index (χ3n) is 2.61. The summed E-state index contributed by atoms with van der Waals surface area (Å²) in [5, 5.41) is 0.578. The molecular weight excluding hydrogens is 224 g/mol. The van der Waals surface area contributed by atoms with Crippen LogP contribution in [0.2, 0.25) is 0 Å². The van der Waals surface area contributed by atoms with Gasteiger partial charge in [-0.1, -0.05) is 0 Å². The maximum Gasteiger partial charge on any atom is 0.158 e. The molecule has 1 aliphatic rings.